The Morgan fingerprint density at radius 2 is 2.00 bits per heavy atom. The summed E-state index contributed by atoms with van der Waals surface area (Å²) in [4.78, 5) is 14.7. The average molecular weight is 296 g/mol. The molecule has 2 heterocycles. The summed E-state index contributed by atoms with van der Waals surface area (Å²) in [7, 11) is 0. The molecule has 1 unspecified atom stereocenters. The van der Waals surface area contributed by atoms with Gasteiger partial charge in [0.25, 0.3) is 0 Å². The van der Waals surface area contributed by atoms with E-state index < -0.39 is 0 Å². The molecule has 1 N–H and O–H groups in total. The minimum atomic E-state index is 0.0536. The second kappa shape index (κ2) is 5.54. The molecule has 3 nitrogen and oxygen atoms in total. The Labute approximate surface area is 132 Å². The number of carbonyl (C=O) groups excluding carboxylic acids is 1. The van der Waals surface area contributed by atoms with Gasteiger partial charge in [0.2, 0.25) is 5.91 Å². The summed E-state index contributed by atoms with van der Waals surface area (Å²) in [5, 5.41) is 3.50. The summed E-state index contributed by atoms with van der Waals surface area (Å²) < 4.78 is 0. The Hall–Kier alpha value is -1.61. The second-order valence-corrected chi connectivity index (χ2v) is 7.10. The van der Waals surface area contributed by atoms with E-state index >= 15 is 0 Å². The van der Waals surface area contributed by atoms with Crippen LogP contribution in [-0.4, -0.2) is 36.5 Å². The first-order valence-electron chi connectivity index (χ1n) is 8.52. The Morgan fingerprint density at radius 3 is 2.59 bits per heavy atom. The van der Waals surface area contributed by atoms with Crippen LogP contribution in [-0.2, 0) is 4.79 Å². The Morgan fingerprint density at radius 1 is 1.18 bits per heavy atom. The van der Waals surface area contributed by atoms with Crippen LogP contribution in [0.15, 0.2) is 36.4 Å². The van der Waals surface area contributed by atoms with E-state index in [-0.39, 0.29) is 6.04 Å². The average Bonchev–Trinajstić information content (AvgIpc) is 3.35. The molecule has 1 saturated heterocycles. The maximum Gasteiger partial charge on any atom is 0.239 e. The smallest absolute Gasteiger partial charge is 0.239 e. The Balaban J connectivity index is 1.36. The molecule has 1 aliphatic carbocycles. The van der Waals surface area contributed by atoms with E-state index in [4.69, 9.17) is 0 Å². The molecule has 1 amide bonds. The van der Waals surface area contributed by atoms with Crippen molar-refractivity contribution in [2.24, 2.45) is 5.41 Å². The van der Waals surface area contributed by atoms with Gasteiger partial charge in [-0.15, -0.1) is 0 Å². The van der Waals surface area contributed by atoms with Crippen molar-refractivity contribution >= 4 is 11.5 Å². The monoisotopic (exact) mass is 296 g/mol. The standard InChI is InChI=1S/C19H24N2O/c22-18(17-6-9-19(10-11-19)14-20-17)21-12-7-16(8-13-21)15-4-2-1-3-5-15/h1-5,7,17,20H,6,8-14H2. The predicted octanol–water partition coefficient (Wildman–Crippen LogP) is 2.83. The van der Waals surface area contributed by atoms with Crippen molar-refractivity contribution in [1.29, 1.82) is 0 Å². The quantitative estimate of drug-likeness (QED) is 0.910. The molecule has 22 heavy (non-hydrogen) atoms. The van der Waals surface area contributed by atoms with Crippen molar-refractivity contribution in [1.82, 2.24) is 10.2 Å². The number of nitrogens with zero attached hydrogens (tertiary/aromatic N) is 1. The molecule has 2 fully saturated rings. The van der Waals surface area contributed by atoms with E-state index in [1.54, 1.807) is 0 Å². The van der Waals surface area contributed by atoms with Crippen LogP contribution in [0.3, 0.4) is 0 Å². The summed E-state index contributed by atoms with van der Waals surface area (Å²) in [5.41, 5.74) is 3.23. The largest absolute Gasteiger partial charge is 0.337 e. The van der Waals surface area contributed by atoms with Crippen molar-refractivity contribution < 1.29 is 4.79 Å². The molecule has 0 aromatic heterocycles. The normalized spacial score (nSPS) is 26.6. The van der Waals surface area contributed by atoms with E-state index in [1.165, 1.54) is 30.4 Å². The number of hydrogen-bond donors (Lipinski definition) is 1. The molecular formula is C19H24N2O. The second-order valence-electron chi connectivity index (χ2n) is 7.10. The van der Waals surface area contributed by atoms with E-state index in [2.05, 4.69) is 35.7 Å². The summed E-state index contributed by atoms with van der Waals surface area (Å²) >= 11 is 0. The van der Waals surface area contributed by atoms with Gasteiger partial charge in [-0.25, -0.2) is 0 Å². The lowest BCUT2D eigenvalue weighted by molar-refractivity contribution is -0.133. The van der Waals surface area contributed by atoms with Gasteiger partial charge in [-0.3, -0.25) is 4.79 Å². The molecular weight excluding hydrogens is 272 g/mol. The number of nitrogens with one attached hydrogen (secondary N) is 1. The number of amides is 1. The van der Waals surface area contributed by atoms with Crippen LogP contribution in [0.4, 0.5) is 0 Å². The van der Waals surface area contributed by atoms with Crippen molar-refractivity contribution in [2.75, 3.05) is 19.6 Å². The topological polar surface area (TPSA) is 32.3 Å². The van der Waals surface area contributed by atoms with Gasteiger partial charge in [0.1, 0.15) is 0 Å². The summed E-state index contributed by atoms with van der Waals surface area (Å²) in [6, 6.07) is 10.6. The van der Waals surface area contributed by atoms with Gasteiger partial charge in [0.05, 0.1) is 6.04 Å². The molecule has 1 saturated carbocycles. The Kier molecular flexibility index (Phi) is 3.53. The highest BCUT2D eigenvalue weighted by Gasteiger charge is 2.46. The van der Waals surface area contributed by atoms with Crippen molar-refractivity contribution in [3.05, 3.63) is 42.0 Å². The molecule has 4 rings (SSSR count). The van der Waals surface area contributed by atoms with E-state index in [9.17, 15) is 4.79 Å². The molecule has 116 valence electrons. The molecule has 1 spiro atoms. The first-order valence-corrected chi connectivity index (χ1v) is 8.52. The zero-order valence-electron chi connectivity index (χ0n) is 13.1. The van der Waals surface area contributed by atoms with Crippen LogP contribution in [0.2, 0.25) is 0 Å². The zero-order valence-corrected chi connectivity index (χ0v) is 13.1. The molecule has 2 aliphatic heterocycles. The Bertz CT molecular complexity index is 579. The van der Waals surface area contributed by atoms with Gasteiger partial charge in [0.15, 0.2) is 0 Å². The van der Waals surface area contributed by atoms with Gasteiger partial charge in [-0.05, 0) is 48.7 Å². The third-order valence-electron chi connectivity index (χ3n) is 5.61. The van der Waals surface area contributed by atoms with Crippen molar-refractivity contribution in [3.63, 3.8) is 0 Å². The summed E-state index contributed by atoms with van der Waals surface area (Å²) in [6.07, 6.45) is 8.15. The number of benzene rings is 1. The molecule has 3 aliphatic rings. The third kappa shape index (κ3) is 2.70. The van der Waals surface area contributed by atoms with Gasteiger partial charge in [-0.1, -0.05) is 36.4 Å². The van der Waals surface area contributed by atoms with Crippen LogP contribution in [0.25, 0.3) is 5.57 Å². The van der Waals surface area contributed by atoms with Crippen LogP contribution < -0.4 is 5.32 Å². The van der Waals surface area contributed by atoms with Gasteiger partial charge in [-0.2, -0.15) is 0 Å². The minimum Gasteiger partial charge on any atom is -0.337 e. The number of piperidine rings is 1. The van der Waals surface area contributed by atoms with Crippen LogP contribution >= 0.6 is 0 Å². The highest BCUT2D eigenvalue weighted by atomic mass is 16.2. The highest BCUT2D eigenvalue weighted by Crippen LogP contribution is 2.51. The van der Waals surface area contributed by atoms with E-state index in [0.29, 0.717) is 11.3 Å². The van der Waals surface area contributed by atoms with Gasteiger partial charge >= 0.3 is 0 Å². The fourth-order valence-electron chi connectivity index (χ4n) is 3.80. The lowest BCUT2D eigenvalue weighted by Crippen LogP contribution is -2.51. The van der Waals surface area contributed by atoms with E-state index in [1.807, 2.05) is 11.0 Å². The van der Waals surface area contributed by atoms with Crippen LogP contribution in [0.1, 0.15) is 37.7 Å². The molecule has 1 atom stereocenters. The van der Waals surface area contributed by atoms with Crippen molar-refractivity contribution in [2.45, 2.75) is 38.1 Å². The van der Waals surface area contributed by atoms with Gasteiger partial charge < -0.3 is 10.2 Å². The fraction of sp³-hybridized carbons (Fsp3) is 0.526. The molecule has 0 radical (unpaired) electrons. The first kappa shape index (κ1) is 14.0. The third-order valence-corrected chi connectivity index (χ3v) is 5.61. The number of rotatable bonds is 2. The van der Waals surface area contributed by atoms with Gasteiger partial charge in [0, 0.05) is 19.6 Å². The maximum absolute atomic E-state index is 12.7. The lowest BCUT2D eigenvalue weighted by Gasteiger charge is -2.34. The molecule has 1 aromatic carbocycles. The molecule has 1 aromatic rings. The number of carbonyl (C=O) groups is 1. The highest BCUT2D eigenvalue weighted by molar-refractivity contribution is 5.83. The van der Waals surface area contributed by atoms with E-state index in [0.717, 1.165) is 32.5 Å². The molecule has 3 heteroatoms. The fourth-order valence-corrected chi connectivity index (χ4v) is 3.80. The summed E-state index contributed by atoms with van der Waals surface area (Å²) in [5.74, 6) is 0.305. The van der Waals surface area contributed by atoms with Crippen LogP contribution in [0, 0.1) is 5.41 Å². The van der Waals surface area contributed by atoms with Crippen LogP contribution in [0.5, 0.6) is 0 Å². The molecule has 0 bridgehead atoms. The lowest BCUT2D eigenvalue weighted by atomic mass is 9.91. The zero-order chi connectivity index (χ0) is 15.0. The maximum atomic E-state index is 12.7. The number of hydrogen-bond acceptors (Lipinski definition) is 2. The van der Waals surface area contributed by atoms with Crippen molar-refractivity contribution in [3.8, 4) is 0 Å². The first-order chi connectivity index (χ1) is 10.8. The SMILES string of the molecule is O=C(C1CCC2(CC2)CN1)N1CC=C(c2ccccc2)CC1. The summed E-state index contributed by atoms with van der Waals surface area (Å²) in [6.45, 7) is 2.65. The minimum absolute atomic E-state index is 0.0536. The predicted molar refractivity (Wildman–Crippen MR) is 88.3 cm³/mol.